The first-order chi connectivity index (χ1) is 16.3. The molecular formula is C25H36N4O6. The summed E-state index contributed by atoms with van der Waals surface area (Å²) in [6, 6.07) is 3.85. The number of rotatable bonds is 11. The average molecular weight is 489 g/mol. The Hall–Kier alpha value is -3.74. The predicted octanol–water partition coefficient (Wildman–Crippen LogP) is 2.24. The summed E-state index contributed by atoms with van der Waals surface area (Å²) in [5.74, 6) is -2.30. The highest BCUT2D eigenvalue weighted by molar-refractivity contribution is 5.95. The van der Waals surface area contributed by atoms with E-state index in [1.54, 1.807) is 27.7 Å². The van der Waals surface area contributed by atoms with Gasteiger partial charge in [0.15, 0.2) is 0 Å². The standard InChI is InChI=1S/C25H36N4O6/c1-7-9-10-13-27-22(32)21(17-11-12-19(30)16(3)14-17)29(8-2)23(33)18(15-20(26)31)28-24(34)35-25(4,5)6/h2,11-12,14,18,21,30H,7,9-10,13,15H2,1,3-6H3,(H2,26,31)(H,27,32)(H,28,34). The van der Waals surface area contributed by atoms with E-state index < -0.39 is 47.9 Å². The topological polar surface area (TPSA) is 151 Å². The van der Waals surface area contributed by atoms with Crippen molar-refractivity contribution < 1.29 is 29.0 Å². The summed E-state index contributed by atoms with van der Waals surface area (Å²) in [5.41, 5.74) is 5.24. The van der Waals surface area contributed by atoms with Crippen molar-refractivity contribution in [1.29, 1.82) is 0 Å². The summed E-state index contributed by atoms with van der Waals surface area (Å²) in [5, 5.41) is 15.0. The molecule has 1 aromatic carbocycles. The van der Waals surface area contributed by atoms with E-state index in [4.69, 9.17) is 16.9 Å². The maximum Gasteiger partial charge on any atom is 0.408 e. The number of amides is 4. The quantitative estimate of drug-likeness (QED) is 0.213. The highest BCUT2D eigenvalue weighted by Crippen LogP contribution is 2.27. The van der Waals surface area contributed by atoms with E-state index in [-0.39, 0.29) is 5.75 Å². The number of nitrogens with zero attached hydrogens (tertiary/aromatic N) is 1. The van der Waals surface area contributed by atoms with Crippen LogP contribution in [-0.2, 0) is 19.1 Å². The molecule has 1 aromatic rings. The highest BCUT2D eigenvalue weighted by Gasteiger charge is 2.36. The van der Waals surface area contributed by atoms with Gasteiger partial charge in [-0.1, -0.05) is 32.3 Å². The van der Waals surface area contributed by atoms with Crippen molar-refractivity contribution in [1.82, 2.24) is 15.5 Å². The van der Waals surface area contributed by atoms with E-state index in [9.17, 15) is 24.3 Å². The number of phenolic OH excluding ortho intramolecular Hbond substituents is 1. The molecule has 1 rings (SSSR count). The lowest BCUT2D eigenvalue weighted by Gasteiger charge is -2.30. The van der Waals surface area contributed by atoms with Gasteiger partial charge in [0.05, 0.1) is 6.42 Å². The van der Waals surface area contributed by atoms with Gasteiger partial charge in [0, 0.05) is 12.6 Å². The minimum absolute atomic E-state index is 0.00707. The number of carbonyl (C=O) groups excluding carboxylic acids is 4. The summed E-state index contributed by atoms with van der Waals surface area (Å²) >= 11 is 0. The van der Waals surface area contributed by atoms with Gasteiger partial charge in [0.1, 0.15) is 23.4 Å². The molecule has 4 amide bonds. The molecule has 192 valence electrons. The lowest BCUT2D eigenvalue weighted by atomic mass is 10.00. The van der Waals surface area contributed by atoms with Crippen LogP contribution in [0.5, 0.6) is 5.75 Å². The summed E-state index contributed by atoms with van der Waals surface area (Å²) < 4.78 is 5.18. The number of terminal acetylenes is 1. The molecule has 0 heterocycles. The molecule has 0 aromatic heterocycles. The zero-order chi connectivity index (χ0) is 26.8. The molecule has 2 unspecified atom stereocenters. The third-order valence-corrected chi connectivity index (χ3v) is 4.89. The number of benzene rings is 1. The molecule has 0 aliphatic rings. The molecular weight excluding hydrogens is 452 g/mol. The van der Waals surface area contributed by atoms with Gasteiger partial charge in [-0.05, 0) is 57.4 Å². The Morgan fingerprint density at radius 2 is 1.89 bits per heavy atom. The molecule has 2 atom stereocenters. The van der Waals surface area contributed by atoms with Gasteiger partial charge in [-0.2, -0.15) is 0 Å². The van der Waals surface area contributed by atoms with Gasteiger partial charge < -0.3 is 26.2 Å². The van der Waals surface area contributed by atoms with Crippen molar-refractivity contribution in [2.45, 2.75) is 78.0 Å². The van der Waals surface area contributed by atoms with Crippen LogP contribution in [-0.4, -0.2) is 52.0 Å². The molecule has 35 heavy (non-hydrogen) atoms. The molecule has 0 fully saturated rings. The SMILES string of the molecule is C#CN(C(=O)C(CC(N)=O)NC(=O)OC(C)(C)C)C(C(=O)NCCCCC)c1ccc(O)c(C)c1. The van der Waals surface area contributed by atoms with E-state index in [0.717, 1.165) is 24.2 Å². The first-order valence-electron chi connectivity index (χ1n) is 11.4. The van der Waals surface area contributed by atoms with Crippen LogP contribution in [0.4, 0.5) is 4.79 Å². The lowest BCUT2D eigenvalue weighted by Crippen LogP contribution is -2.52. The third kappa shape index (κ3) is 9.57. The van der Waals surface area contributed by atoms with Crippen LogP contribution in [0.15, 0.2) is 18.2 Å². The Balaban J connectivity index is 3.36. The van der Waals surface area contributed by atoms with Crippen molar-refractivity contribution in [2.24, 2.45) is 5.73 Å². The minimum Gasteiger partial charge on any atom is -0.508 e. The Labute approximate surface area is 206 Å². The van der Waals surface area contributed by atoms with Gasteiger partial charge >= 0.3 is 6.09 Å². The van der Waals surface area contributed by atoms with Gasteiger partial charge in [-0.25, -0.2) is 4.79 Å². The van der Waals surface area contributed by atoms with E-state index >= 15 is 0 Å². The number of nitrogens with one attached hydrogen (secondary N) is 2. The fourth-order valence-corrected chi connectivity index (χ4v) is 3.23. The molecule has 5 N–H and O–H groups in total. The monoisotopic (exact) mass is 488 g/mol. The van der Waals surface area contributed by atoms with Crippen LogP contribution < -0.4 is 16.4 Å². The third-order valence-electron chi connectivity index (χ3n) is 4.89. The Kier molecular flexibility index (Phi) is 11.1. The van der Waals surface area contributed by atoms with Crippen molar-refractivity contribution >= 4 is 23.8 Å². The molecule has 10 nitrogen and oxygen atoms in total. The van der Waals surface area contributed by atoms with Crippen molar-refractivity contribution in [3.05, 3.63) is 29.3 Å². The van der Waals surface area contributed by atoms with Gasteiger partial charge in [0.25, 0.3) is 5.91 Å². The van der Waals surface area contributed by atoms with Gasteiger partial charge in [-0.15, -0.1) is 0 Å². The van der Waals surface area contributed by atoms with Crippen molar-refractivity contribution in [3.63, 3.8) is 0 Å². The highest BCUT2D eigenvalue weighted by atomic mass is 16.6. The lowest BCUT2D eigenvalue weighted by molar-refractivity contribution is -0.139. The number of nitrogens with two attached hydrogens (primary N) is 1. The number of aromatic hydroxyl groups is 1. The molecule has 0 aliphatic heterocycles. The number of hydrogen-bond donors (Lipinski definition) is 4. The number of carbonyl (C=O) groups is 4. The summed E-state index contributed by atoms with van der Waals surface area (Å²) in [6.07, 6.45) is 6.75. The first kappa shape index (κ1) is 29.3. The van der Waals surface area contributed by atoms with Crippen LogP contribution in [0, 0.1) is 19.4 Å². The second kappa shape index (κ2) is 13.2. The average Bonchev–Trinajstić information content (AvgIpc) is 2.74. The summed E-state index contributed by atoms with van der Waals surface area (Å²) in [6.45, 7) is 8.94. The van der Waals surface area contributed by atoms with E-state index in [1.807, 2.05) is 6.92 Å². The van der Waals surface area contributed by atoms with Crippen LogP contribution in [0.25, 0.3) is 0 Å². The summed E-state index contributed by atoms with van der Waals surface area (Å²) in [4.78, 5) is 51.4. The maximum atomic E-state index is 13.4. The number of unbranched alkanes of at least 4 members (excludes halogenated alkanes) is 2. The fraction of sp³-hybridized carbons (Fsp3) is 0.520. The number of alkyl carbamates (subject to hydrolysis) is 1. The summed E-state index contributed by atoms with van der Waals surface area (Å²) in [7, 11) is 0. The largest absolute Gasteiger partial charge is 0.508 e. The van der Waals surface area contributed by atoms with Crippen LogP contribution >= 0.6 is 0 Å². The predicted molar refractivity (Wildman–Crippen MR) is 131 cm³/mol. The molecule has 10 heteroatoms. The number of ether oxygens (including phenoxy) is 1. The van der Waals surface area contributed by atoms with E-state index in [1.165, 1.54) is 18.2 Å². The van der Waals surface area contributed by atoms with Crippen LogP contribution in [0.1, 0.15) is 70.5 Å². The smallest absolute Gasteiger partial charge is 0.408 e. The molecule has 0 saturated heterocycles. The zero-order valence-corrected chi connectivity index (χ0v) is 21.0. The van der Waals surface area contributed by atoms with Crippen LogP contribution in [0.2, 0.25) is 0 Å². The minimum atomic E-state index is -1.47. The van der Waals surface area contributed by atoms with E-state index in [2.05, 4.69) is 16.7 Å². The zero-order valence-electron chi connectivity index (χ0n) is 21.0. The molecule has 0 saturated carbocycles. The molecule has 0 aliphatic carbocycles. The van der Waals surface area contributed by atoms with E-state index in [0.29, 0.717) is 17.7 Å². The van der Waals surface area contributed by atoms with Gasteiger partial charge in [0.2, 0.25) is 11.8 Å². The normalized spacial score (nSPS) is 12.6. The Bertz CT molecular complexity index is 964. The molecule has 0 spiro atoms. The maximum absolute atomic E-state index is 13.4. The van der Waals surface area contributed by atoms with Crippen molar-refractivity contribution in [2.75, 3.05) is 6.54 Å². The fourth-order valence-electron chi connectivity index (χ4n) is 3.23. The number of hydrogen-bond acceptors (Lipinski definition) is 6. The molecule has 0 bridgehead atoms. The van der Waals surface area contributed by atoms with Gasteiger partial charge in [-0.3, -0.25) is 19.3 Å². The Morgan fingerprint density at radius 1 is 1.23 bits per heavy atom. The first-order valence-corrected chi connectivity index (χ1v) is 11.4. The van der Waals surface area contributed by atoms with Crippen molar-refractivity contribution in [3.8, 4) is 18.2 Å². The number of aryl methyl sites for hydroxylation is 1. The second-order valence-corrected chi connectivity index (χ2v) is 9.15. The number of phenols is 1. The second-order valence-electron chi connectivity index (χ2n) is 9.15. The Morgan fingerprint density at radius 3 is 2.40 bits per heavy atom. The number of primary amides is 1. The molecule has 0 radical (unpaired) electrons. The van der Waals surface area contributed by atoms with Crippen LogP contribution in [0.3, 0.4) is 0 Å².